The van der Waals surface area contributed by atoms with Crippen LogP contribution in [-0.4, -0.2) is 12.2 Å². The largest absolute Gasteiger partial charge is 0.495 e. The third kappa shape index (κ3) is 4.24. The number of nitrogens with one attached hydrogen (secondary N) is 2. The van der Waals surface area contributed by atoms with Crippen molar-refractivity contribution in [1.82, 2.24) is 0 Å². The van der Waals surface area contributed by atoms with Crippen molar-refractivity contribution in [2.45, 2.75) is 6.92 Å². The van der Waals surface area contributed by atoms with E-state index < -0.39 is 0 Å². The monoisotopic (exact) mass is 340 g/mol. The van der Waals surface area contributed by atoms with Gasteiger partial charge in [-0.05, 0) is 55.0 Å². The van der Waals surface area contributed by atoms with Crippen LogP contribution in [0.2, 0.25) is 10.0 Å². The van der Waals surface area contributed by atoms with E-state index in [1.165, 1.54) is 0 Å². The van der Waals surface area contributed by atoms with Crippen LogP contribution in [0.15, 0.2) is 36.4 Å². The predicted molar refractivity (Wildman–Crippen MR) is 94.0 cm³/mol. The topological polar surface area (TPSA) is 33.3 Å². The SMILES string of the molecule is COc1ccc(C)cc1NC(=S)Nc1ccc(Cl)cc1Cl. The number of ether oxygens (including phenoxy) is 1. The molecule has 3 nitrogen and oxygen atoms in total. The Hall–Kier alpha value is -1.49. The first-order valence-corrected chi connectivity index (χ1v) is 7.33. The molecule has 0 saturated carbocycles. The molecular weight excluding hydrogens is 327 g/mol. The molecule has 6 heteroatoms. The average molecular weight is 341 g/mol. The average Bonchev–Trinajstić information content (AvgIpc) is 2.42. The number of halogens is 2. The van der Waals surface area contributed by atoms with Crippen molar-refractivity contribution < 1.29 is 4.74 Å². The third-order valence-electron chi connectivity index (χ3n) is 2.78. The maximum Gasteiger partial charge on any atom is 0.175 e. The van der Waals surface area contributed by atoms with Gasteiger partial charge in [-0.1, -0.05) is 29.3 Å². The van der Waals surface area contributed by atoms with Gasteiger partial charge in [-0.15, -0.1) is 0 Å². The Morgan fingerprint density at radius 2 is 1.76 bits per heavy atom. The summed E-state index contributed by atoms with van der Waals surface area (Å²) in [7, 11) is 1.61. The second-order valence-corrected chi connectivity index (χ2v) is 5.66. The lowest BCUT2D eigenvalue weighted by molar-refractivity contribution is 0.417. The molecule has 0 aliphatic carbocycles. The van der Waals surface area contributed by atoms with E-state index >= 15 is 0 Å². The molecule has 0 aliphatic heterocycles. The van der Waals surface area contributed by atoms with Crippen molar-refractivity contribution in [3.8, 4) is 5.75 Å². The van der Waals surface area contributed by atoms with Crippen LogP contribution < -0.4 is 15.4 Å². The van der Waals surface area contributed by atoms with Gasteiger partial charge >= 0.3 is 0 Å². The van der Waals surface area contributed by atoms with Crippen LogP contribution in [0.4, 0.5) is 11.4 Å². The summed E-state index contributed by atoms with van der Waals surface area (Å²) >= 11 is 17.3. The molecule has 0 bridgehead atoms. The third-order valence-corrected chi connectivity index (χ3v) is 3.53. The molecule has 0 radical (unpaired) electrons. The maximum absolute atomic E-state index is 6.10. The van der Waals surface area contributed by atoms with Gasteiger partial charge in [0.15, 0.2) is 5.11 Å². The van der Waals surface area contributed by atoms with Gasteiger partial charge in [0.25, 0.3) is 0 Å². The molecule has 110 valence electrons. The minimum atomic E-state index is 0.420. The van der Waals surface area contributed by atoms with Gasteiger partial charge in [0.1, 0.15) is 5.75 Å². The summed E-state index contributed by atoms with van der Waals surface area (Å²) in [5, 5.41) is 7.62. The Labute approximate surface area is 139 Å². The number of hydrogen-bond acceptors (Lipinski definition) is 2. The van der Waals surface area contributed by atoms with Crippen LogP contribution in [0.1, 0.15) is 5.56 Å². The fourth-order valence-electron chi connectivity index (χ4n) is 1.79. The summed E-state index contributed by atoms with van der Waals surface area (Å²) in [6.45, 7) is 2.00. The minimum Gasteiger partial charge on any atom is -0.495 e. The van der Waals surface area contributed by atoms with E-state index in [0.717, 1.165) is 11.3 Å². The van der Waals surface area contributed by atoms with Crippen molar-refractivity contribution in [3.05, 3.63) is 52.0 Å². The normalized spacial score (nSPS) is 10.1. The van der Waals surface area contributed by atoms with E-state index in [4.69, 9.17) is 40.2 Å². The van der Waals surface area contributed by atoms with Crippen molar-refractivity contribution in [1.29, 1.82) is 0 Å². The summed E-state index contributed by atoms with van der Waals surface area (Å²) in [6, 6.07) is 11.0. The molecule has 0 aliphatic rings. The highest BCUT2D eigenvalue weighted by molar-refractivity contribution is 7.80. The second-order valence-electron chi connectivity index (χ2n) is 4.41. The first-order chi connectivity index (χ1) is 9.99. The van der Waals surface area contributed by atoms with Gasteiger partial charge in [0.05, 0.1) is 23.5 Å². The zero-order valence-corrected chi connectivity index (χ0v) is 13.9. The summed E-state index contributed by atoms with van der Waals surface area (Å²) in [5.41, 5.74) is 2.58. The van der Waals surface area contributed by atoms with Crippen molar-refractivity contribution >= 4 is 51.9 Å². The number of anilines is 2. The molecular formula is C15H14Cl2N2OS. The summed E-state index contributed by atoms with van der Waals surface area (Å²) in [4.78, 5) is 0. The Morgan fingerprint density at radius 3 is 2.43 bits per heavy atom. The first-order valence-electron chi connectivity index (χ1n) is 6.17. The molecule has 2 aromatic carbocycles. The molecule has 0 saturated heterocycles. The maximum atomic E-state index is 6.10. The van der Waals surface area contributed by atoms with Crippen LogP contribution in [0, 0.1) is 6.92 Å². The van der Waals surface area contributed by atoms with Crippen molar-refractivity contribution in [2.75, 3.05) is 17.7 Å². The number of hydrogen-bond donors (Lipinski definition) is 2. The van der Waals surface area contributed by atoms with E-state index in [2.05, 4.69) is 10.6 Å². The van der Waals surface area contributed by atoms with Crippen LogP contribution >= 0.6 is 35.4 Å². The lowest BCUT2D eigenvalue weighted by Crippen LogP contribution is -2.19. The quantitative estimate of drug-likeness (QED) is 0.759. The number of thiocarbonyl (C=S) groups is 1. The van der Waals surface area contributed by atoms with Gasteiger partial charge < -0.3 is 15.4 Å². The molecule has 0 atom stereocenters. The molecule has 0 unspecified atom stereocenters. The highest BCUT2D eigenvalue weighted by atomic mass is 35.5. The molecule has 0 spiro atoms. The Morgan fingerprint density at radius 1 is 1.05 bits per heavy atom. The number of methoxy groups -OCH3 is 1. The molecule has 0 fully saturated rings. The highest BCUT2D eigenvalue weighted by Gasteiger charge is 2.07. The van der Waals surface area contributed by atoms with E-state index in [9.17, 15) is 0 Å². The first kappa shape index (κ1) is 15.9. The Balaban J connectivity index is 2.13. The second kappa shape index (κ2) is 6.98. The molecule has 2 N–H and O–H groups in total. The molecule has 0 heterocycles. The predicted octanol–water partition coefficient (Wildman–Crippen LogP) is 5.12. The van der Waals surface area contributed by atoms with Crippen molar-refractivity contribution in [2.24, 2.45) is 0 Å². The van der Waals surface area contributed by atoms with E-state index in [1.54, 1.807) is 25.3 Å². The van der Waals surface area contributed by atoms with Crippen LogP contribution in [0.5, 0.6) is 5.75 Å². The fraction of sp³-hybridized carbons (Fsp3) is 0.133. The minimum absolute atomic E-state index is 0.420. The van der Waals surface area contributed by atoms with Gasteiger partial charge in [-0.3, -0.25) is 0 Å². The van der Waals surface area contributed by atoms with Gasteiger partial charge in [0.2, 0.25) is 0 Å². The lowest BCUT2D eigenvalue weighted by Gasteiger charge is -2.14. The summed E-state index contributed by atoms with van der Waals surface area (Å²) in [6.07, 6.45) is 0. The van der Waals surface area contributed by atoms with E-state index in [0.29, 0.717) is 26.6 Å². The Bertz CT molecular complexity index is 677. The summed E-state index contributed by atoms with van der Waals surface area (Å²) < 4.78 is 5.30. The van der Waals surface area contributed by atoms with Gasteiger partial charge in [-0.2, -0.15) is 0 Å². The number of benzene rings is 2. The zero-order valence-electron chi connectivity index (χ0n) is 11.5. The molecule has 2 aromatic rings. The zero-order chi connectivity index (χ0) is 15.4. The highest BCUT2D eigenvalue weighted by Crippen LogP contribution is 2.27. The molecule has 21 heavy (non-hydrogen) atoms. The van der Waals surface area contributed by atoms with Crippen LogP contribution in [0.3, 0.4) is 0 Å². The van der Waals surface area contributed by atoms with E-state index in [-0.39, 0.29) is 0 Å². The molecule has 0 aromatic heterocycles. The summed E-state index contributed by atoms with van der Waals surface area (Å²) in [5.74, 6) is 0.715. The van der Waals surface area contributed by atoms with Gasteiger partial charge in [0, 0.05) is 5.02 Å². The standard InChI is InChI=1S/C15H14Cl2N2OS/c1-9-3-6-14(20-2)13(7-9)19-15(21)18-12-5-4-10(16)8-11(12)17/h3-8H,1-2H3,(H2,18,19,21). The van der Waals surface area contributed by atoms with Crippen molar-refractivity contribution in [3.63, 3.8) is 0 Å². The van der Waals surface area contributed by atoms with Crippen LogP contribution in [0.25, 0.3) is 0 Å². The Kier molecular flexibility index (Phi) is 5.28. The van der Waals surface area contributed by atoms with Crippen LogP contribution in [-0.2, 0) is 0 Å². The number of rotatable bonds is 3. The fourth-order valence-corrected chi connectivity index (χ4v) is 2.46. The number of aryl methyl sites for hydroxylation is 1. The van der Waals surface area contributed by atoms with Gasteiger partial charge in [-0.25, -0.2) is 0 Å². The lowest BCUT2D eigenvalue weighted by atomic mass is 10.2. The smallest absolute Gasteiger partial charge is 0.175 e. The van der Waals surface area contributed by atoms with E-state index in [1.807, 2.05) is 25.1 Å². The molecule has 2 rings (SSSR count). The molecule has 0 amide bonds.